The summed E-state index contributed by atoms with van der Waals surface area (Å²) in [7, 11) is 1.59. The van der Waals surface area contributed by atoms with Gasteiger partial charge in [0.1, 0.15) is 11.4 Å². The second kappa shape index (κ2) is 5.92. The first-order valence-corrected chi connectivity index (χ1v) is 8.98. The third-order valence-electron chi connectivity index (χ3n) is 6.13. The van der Waals surface area contributed by atoms with Crippen molar-refractivity contribution >= 4 is 11.6 Å². The predicted octanol–water partition coefficient (Wildman–Crippen LogP) is 0.959. The minimum Gasteiger partial charge on any atom is -0.394 e. The molecule has 0 atom stereocenters. The van der Waals surface area contributed by atoms with E-state index in [2.05, 4.69) is 20.1 Å². The number of anilines is 1. The number of piperidine rings is 1. The first-order chi connectivity index (χ1) is 12.0. The quantitative estimate of drug-likeness (QED) is 0.848. The third kappa shape index (κ3) is 2.69. The summed E-state index contributed by atoms with van der Waals surface area (Å²) < 4.78 is 14.4. The van der Waals surface area contributed by atoms with Gasteiger partial charge in [0.05, 0.1) is 24.0 Å². The lowest BCUT2D eigenvalue weighted by molar-refractivity contribution is -0.0257. The molecule has 2 bridgehead atoms. The van der Waals surface area contributed by atoms with E-state index in [0.717, 1.165) is 31.6 Å². The molecule has 25 heavy (non-hydrogen) atoms. The molecule has 1 aromatic rings. The Morgan fingerprint density at radius 1 is 1.40 bits per heavy atom. The lowest BCUT2D eigenvalue weighted by Crippen LogP contribution is -2.57. The van der Waals surface area contributed by atoms with Gasteiger partial charge in [-0.2, -0.15) is 0 Å². The van der Waals surface area contributed by atoms with Crippen LogP contribution in [0.4, 0.5) is 10.1 Å². The Bertz CT molecular complexity index is 652. The number of amides is 1. The van der Waals surface area contributed by atoms with Crippen LogP contribution in [-0.4, -0.2) is 71.4 Å². The van der Waals surface area contributed by atoms with Gasteiger partial charge in [-0.25, -0.2) is 9.37 Å². The van der Waals surface area contributed by atoms with E-state index >= 15 is 0 Å². The Balaban J connectivity index is 1.38. The second-order valence-corrected chi connectivity index (χ2v) is 7.71. The summed E-state index contributed by atoms with van der Waals surface area (Å²) in [4.78, 5) is 20.3. The highest BCUT2D eigenvalue weighted by atomic mass is 19.1. The van der Waals surface area contributed by atoms with Gasteiger partial charge < -0.3 is 15.3 Å². The number of aliphatic hydroxyl groups is 1. The van der Waals surface area contributed by atoms with Crippen molar-refractivity contribution in [3.63, 3.8) is 0 Å². The molecule has 1 aromatic heterocycles. The molecule has 0 aromatic carbocycles. The Labute approximate surface area is 147 Å². The van der Waals surface area contributed by atoms with Gasteiger partial charge in [0.15, 0.2) is 0 Å². The molecular weight excluding hydrogens is 323 g/mol. The van der Waals surface area contributed by atoms with Crippen molar-refractivity contribution in [3.8, 4) is 0 Å². The maximum atomic E-state index is 14.4. The summed E-state index contributed by atoms with van der Waals surface area (Å²) in [6.07, 6.45) is 4.62. The zero-order valence-electron chi connectivity index (χ0n) is 14.5. The predicted molar refractivity (Wildman–Crippen MR) is 92.5 cm³/mol. The maximum absolute atomic E-state index is 14.4. The van der Waals surface area contributed by atoms with E-state index in [4.69, 9.17) is 0 Å². The highest BCUT2D eigenvalue weighted by Crippen LogP contribution is 2.56. The van der Waals surface area contributed by atoms with E-state index < -0.39 is 5.67 Å². The molecule has 0 spiro atoms. The number of hydrogen-bond acceptors (Lipinski definition) is 5. The summed E-state index contributed by atoms with van der Waals surface area (Å²) >= 11 is 0. The average molecular weight is 348 g/mol. The summed E-state index contributed by atoms with van der Waals surface area (Å²) in [6.45, 7) is 2.29. The number of halogens is 1. The minimum atomic E-state index is -1.07. The average Bonchev–Trinajstić information content (AvgIpc) is 3.10. The van der Waals surface area contributed by atoms with Crippen LogP contribution in [0.2, 0.25) is 0 Å². The highest BCUT2D eigenvalue weighted by molar-refractivity contribution is 5.92. The van der Waals surface area contributed by atoms with Gasteiger partial charge in [-0.1, -0.05) is 0 Å². The normalized spacial score (nSPS) is 32.5. The van der Waals surface area contributed by atoms with Gasteiger partial charge in [-0.15, -0.1) is 0 Å². The van der Waals surface area contributed by atoms with Crippen LogP contribution in [0.5, 0.6) is 0 Å². The van der Waals surface area contributed by atoms with Crippen LogP contribution in [-0.2, 0) is 0 Å². The molecule has 1 saturated carbocycles. The number of fused-ring (bicyclic) bond motifs is 1. The van der Waals surface area contributed by atoms with E-state index in [1.54, 1.807) is 19.3 Å². The van der Waals surface area contributed by atoms with E-state index in [-0.39, 0.29) is 18.1 Å². The zero-order valence-corrected chi connectivity index (χ0v) is 14.5. The summed E-state index contributed by atoms with van der Waals surface area (Å²) in [5.74, 6) is -0.187. The van der Waals surface area contributed by atoms with E-state index in [1.807, 2.05) is 6.07 Å². The molecule has 4 aliphatic rings. The number of carbonyl (C=O) groups excluding carboxylic acids is 1. The molecule has 3 aliphatic heterocycles. The Morgan fingerprint density at radius 2 is 2.12 bits per heavy atom. The Kier molecular flexibility index (Phi) is 3.96. The molecule has 1 aliphatic carbocycles. The lowest BCUT2D eigenvalue weighted by Gasteiger charge is -2.47. The number of nitrogens with one attached hydrogen (secondary N) is 1. The Morgan fingerprint density at radius 3 is 2.68 bits per heavy atom. The summed E-state index contributed by atoms with van der Waals surface area (Å²) in [5, 5.41) is 12.3. The van der Waals surface area contributed by atoms with Gasteiger partial charge in [0.25, 0.3) is 5.91 Å². The standard InChI is InChI=1S/C18H25FN4O2/c1-20-16(25)15-3-2-14(8-21-15)22-6-4-13(5-7-22)23-11-17(19)9-18(23,10-17)12-24/h2-3,8,13,24H,4-7,9-12H2,1H3,(H,20,25). The maximum Gasteiger partial charge on any atom is 0.269 e. The number of pyridine rings is 1. The fourth-order valence-electron chi connectivity index (χ4n) is 4.91. The molecule has 3 saturated heterocycles. The van der Waals surface area contributed by atoms with Crippen LogP contribution in [0.25, 0.3) is 0 Å². The number of aliphatic hydroxyl groups excluding tert-OH is 1. The summed E-state index contributed by atoms with van der Waals surface area (Å²) in [5.41, 5.74) is 0.0457. The first-order valence-electron chi connectivity index (χ1n) is 8.98. The van der Waals surface area contributed by atoms with Gasteiger partial charge in [-0.3, -0.25) is 9.69 Å². The van der Waals surface area contributed by atoms with Crippen LogP contribution >= 0.6 is 0 Å². The number of carbonyl (C=O) groups is 1. The second-order valence-electron chi connectivity index (χ2n) is 7.71. The molecular formula is C18H25FN4O2. The molecule has 0 radical (unpaired) electrons. The van der Waals surface area contributed by atoms with Crippen molar-refractivity contribution in [2.45, 2.75) is 42.9 Å². The van der Waals surface area contributed by atoms with E-state index in [9.17, 15) is 14.3 Å². The van der Waals surface area contributed by atoms with E-state index in [0.29, 0.717) is 31.1 Å². The lowest BCUT2D eigenvalue weighted by atomic mass is 9.71. The molecule has 2 N–H and O–H groups in total. The van der Waals surface area contributed by atoms with Crippen molar-refractivity contribution in [1.29, 1.82) is 0 Å². The van der Waals surface area contributed by atoms with Crippen LogP contribution in [0.15, 0.2) is 18.3 Å². The van der Waals surface area contributed by atoms with Gasteiger partial charge in [0.2, 0.25) is 0 Å². The topological polar surface area (TPSA) is 68.7 Å². The number of rotatable bonds is 4. The molecule has 136 valence electrons. The van der Waals surface area contributed by atoms with Crippen molar-refractivity contribution in [2.75, 3.05) is 38.2 Å². The minimum absolute atomic E-state index is 0.0593. The highest BCUT2D eigenvalue weighted by Gasteiger charge is 2.67. The smallest absolute Gasteiger partial charge is 0.269 e. The van der Waals surface area contributed by atoms with Crippen LogP contribution < -0.4 is 10.2 Å². The monoisotopic (exact) mass is 348 g/mol. The molecule has 6 nitrogen and oxygen atoms in total. The van der Waals surface area contributed by atoms with Gasteiger partial charge >= 0.3 is 0 Å². The molecule has 4 heterocycles. The molecule has 5 rings (SSSR count). The zero-order chi connectivity index (χ0) is 17.7. The fraction of sp³-hybridized carbons (Fsp3) is 0.667. The number of aromatic nitrogens is 1. The fourth-order valence-corrected chi connectivity index (χ4v) is 4.91. The third-order valence-corrected chi connectivity index (χ3v) is 6.13. The van der Waals surface area contributed by atoms with Crippen molar-refractivity contribution in [3.05, 3.63) is 24.0 Å². The first kappa shape index (κ1) is 16.7. The van der Waals surface area contributed by atoms with E-state index in [1.165, 1.54) is 0 Å². The molecule has 1 amide bonds. The Hall–Kier alpha value is -1.73. The van der Waals surface area contributed by atoms with Crippen LogP contribution in [0, 0.1) is 0 Å². The number of nitrogens with zero attached hydrogens (tertiary/aromatic N) is 3. The van der Waals surface area contributed by atoms with Crippen LogP contribution in [0.3, 0.4) is 0 Å². The molecule has 7 heteroatoms. The number of hydrogen-bond donors (Lipinski definition) is 2. The number of alkyl halides is 1. The van der Waals surface area contributed by atoms with Gasteiger partial charge in [0, 0.05) is 45.6 Å². The van der Waals surface area contributed by atoms with Gasteiger partial charge in [-0.05, 0) is 25.0 Å². The summed E-state index contributed by atoms with van der Waals surface area (Å²) in [6, 6.07) is 4.00. The van der Waals surface area contributed by atoms with Crippen molar-refractivity contribution < 1.29 is 14.3 Å². The van der Waals surface area contributed by atoms with Crippen molar-refractivity contribution in [1.82, 2.24) is 15.2 Å². The molecule has 4 fully saturated rings. The SMILES string of the molecule is CNC(=O)c1ccc(N2CCC(N3CC4(F)CC3(CO)C4)CC2)cn1. The largest absolute Gasteiger partial charge is 0.394 e. The molecule has 0 unspecified atom stereocenters. The van der Waals surface area contributed by atoms with Crippen LogP contribution in [0.1, 0.15) is 36.2 Å². The van der Waals surface area contributed by atoms with Crippen molar-refractivity contribution in [2.24, 2.45) is 0 Å².